The third-order valence-electron chi connectivity index (χ3n) is 4.30. The van der Waals surface area contributed by atoms with Gasteiger partial charge in [0.15, 0.2) is 0 Å². The van der Waals surface area contributed by atoms with Crippen molar-refractivity contribution in [2.75, 3.05) is 29.9 Å². The molecular weight excluding hydrogens is 402 g/mol. The number of carbonyl (C=O) groups is 2. The number of benzene rings is 1. The van der Waals surface area contributed by atoms with Crippen LogP contribution in [0.1, 0.15) is 23.4 Å². The van der Waals surface area contributed by atoms with Gasteiger partial charge in [0.1, 0.15) is 0 Å². The van der Waals surface area contributed by atoms with E-state index in [1.54, 1.807) is 0 Å². The second-order valence-electron chi connectivity index (χ2n) is 6.33. The number of rotatable bonds is 5. The Morgan fingerprint density at radius 3 is 2.48 bits per heavy atom. The molecule has 0 aliphatic carbocycles. The van der Waals surface area contributed by atoms with E-state index in [0.29, 0.717) is 16.4 Å². The van der Waals surface area contributed by atoms with Gasteiger partial charge >= 0.3 is 6.03 Å². The van der Waals surface area contributed by atoms with Gasteiger partial charge in [-0.1, -0.05) is 23.7 Å². The number of carbonyl (C=O) groups excluding carboxylic acids is 2. The average molecular weight is 424 g/mol. The van der Waals surface area contributed by atoms with Crippen LogP contribution in [0.4, 0.5) is 10.5 Å². The number of thiophene rings is 1. The summed E-state index contributed by atoms with van der Waals surface area (Å²) in [6.07, 6.45) is 0.396. The third kappa shape index (κ3) is 5.89. The minimum atomic E-state index is -0.276. The summed E-state index contributed by atoms with van der Waals surface area (Å²) < 4.78 is 0.701. The summed E-state index contributed by atoms with van der Waals surface area (Å²) in [6.45, 7) is 3.57. The summed E-state index contributed by atoms with van der Waals surface area (Å²) in [6, 6.07) is 10.7. The standard InChI is InChI=1S/C19H22ClN3O2S2/c1-13(16-6-7-17(20)27-16)21-19(25)22-15-4-2-14(3-5-15)12-18(24)23-8-10-26-11-9-23/h2-7,13H,8-12H2,1H3,(H2,21,22,25). The zero-order valence-electron chi connectivity index (χ0n) is 15.0. The van der Waals surface area contributed by atoms with Gasteiger partial charge < -0.3 is 15.5 Å². The number of amides is 3. The monoisotopic (exact) mass is 423 g/mol. The number of nitrogens with one attached hydrogen (secondary N) is 2. The third-order valence-corrected chi connectivity index (χ3v) is 6.66. The van der Waals surface area contributed by atoms with Crippen LogP contribution >= 0.6 is 34.7 Å². The molecule has 1 aliphatic rings. The van der Waals surface area contributed by atoms with Crippen molar-refractivity contribution in [2.45, 2.75) is 19.4 Å². The molecule has 1 saturated heterocycles. The van der Waals surface area contributed by atoms with Crippen molar-refractivity contribution in [3.8, 4) is 0 Å². The topological polar surface area (TPSA) is 61.4 Å². The molecule has 2 aromatic rings. The largest absolute Gasteiger partial charge is 0.341 e. The molecule has 1 atom stereocenters. The molecule has 27 heavy (non-hydrogen) atoms. The number of urea groups is 1. The van der Waals surface area contributed by atoms with E-state index in [-0.39, 0.29) is 18.0 Å². The van der Waals surface area contributed by atoms with E-state index in [4.69, 9.17) is 11.6 Å². The molecule has 1 aromatic heterocycles. The molecule has 2 N–H and O–H groups in total. The maximum absolute atomic E-state index is 12.3. The molecule has 144 valence electrons. The summed E-state index contributed by atoms with van der Waals surface area (Å²) >= 11 is 9.27. The molecule has 0 bridgehead atoms. The predicted molar refractivity (Wildman–Crippen MR) is 114 cm³/mol. The smallest absolute Gasteiger partial charge is 0.319 e. The summed E-state index contributed by atoms with van der Waals surface area (Å²) in [4.78, 5) is 27.4. The highest BCUT2D eigenvalue weighted by Crippen LogP contribution is 2.26. The minimum absolute atomic E-state index is 0.123. The normalized spacial score (nSPS) is 15.3. The Hall–Kier alpha value is -1.70. The second kappa shape index (κ2) is 9.48. The minimum Gasteiger partial charge on any atom is -0.341 e. The highest BCUT2D eigenvalue weighted by molar-refractivity contribution is 7.99. The maximum Gasteiger partial charge on any atom is 0.319 e. The van der Waals surface area contributed by atoms with E-state index in [9.17, 15) is 9.59 Å². The number of nitrogens with zero attached hydrogens (tertiary/aromatic N) is 1. The number of hydrogen-bond acceptors (Lipinski definition) is 4. The van der Waals surface area contributed by atoms with E-state index in [1.807, 2.05) is 60.0 Å². The fourth-order valence-corrected chi connectivity index (χ4v) is 4.77. The lowest BCUT2D eigenvalue weighted by Crippen LogP contribution is -2.38. The van der Waals surface area contributed by atoms with Gasteiger partial charge in [-0.25, -0.2) is 4.79 Å². The fourth-order valence-electron chi connectivity index (χ4n) is 2.80. The molecule has 1 fully saturated rings. The summed E-state index contributed by atoms with van der Waals surface area (Å²) in [5, 5.41) is 5.70. The second-order valence-corrected chi connectivity index (χ2v) is 9.30. The quantitative estimate of drug-likeness (QED) is 0.749. The van der Waals surface area contributed by atoms with Gasteiger partial charge in [-0.05, 0) is 36.8 Å². The van der Waals surface area contributed by atoms with Gasteiger partial charge in [0.25, 0.3) is 0 Å². The first-order chi connectivity index (χ1) is 13.0. The predicted octanol–water partition coefficient (Wildman–Crippen LogP) is 4.40. The zero-order valence-corrected chi connectivity index (χ0v) is 17.4. The first-order valence-corrected chi connectivity index (χ1v) is 11.1. The Balaban J connectivity index is 1.49. The van der Waals surface area contributed by atoms with E-state index in [1.165, 1.54) is 11.3 Å². The molecule has 1 aromatic carbocycles. The highest BCUT2D eigenvalue weighted by atomic mass is 35.5. The Morgan fingerprint density at radius 1 is 1.15 bits per heavy atom. The molecule has 8 heteroatoms. The summed E-state index contributed by atoms with van der Waals surface area (Å²) in [7, 11) is 0. The van der Waals surface area contributed by atoms with Crippen LogP contribution in [0.5, 0.6) is 0 Å². The fraction of sp³-hybridized carbons (Fsp3) is 0.368. The van der Waals surface area contributed by atoms with Crippen molar-refractivity contribution in [1.82, 2.24) is 10.2 Å². The van der Waals surface area contributed by atoms with Crippen molar-refractivity contribution in [3.05, 3.63) is 51.2 Å². The average Bonchev–Trinajstić information content (AvgIpc) is 3.10. The van der Waals surface area contributed by atoms with Crippen LogP contribution in [-0.4, -0.2) is 41.4 Å². The first-order valence-electron chi connectivity index (χ1n) is 8.78. The Kier molecular flexibility index (Phi) is 7.04. The van der Waals surface area contributed by atoms with Crippen molar-refractivity contribution in [1.29, 1.82) is 0 Å². The number of hydrogen-bond donors (Lipinski definition) is 2. The summed E-state index contributed by atoms with van der Waals surface area (Å²) in [5.74, 6) is 2.19. The lowest BCUT2D eigenvalue weighted by atomic mass is 10.1. The molecule has 1 aliphatic heterocycles. The molecule has 3 rings (SSSR count). The molecule has 2 heterocycles. The van der Waals surface area contributed by atoms with Crippen LogP contribution in [0.15, 0.2) is 36.4 Å². The summed E-state index contributed by atoms with van der Waals surface area (Å²) in [5.41, 5.74) is 1.64. The molecule has 0 spiro atoms. The van der Waals surface area contributed by atoms with Gasteiger partial charge in [-0.15, -0.1) is 11.3 Å². The lowest BCUT2D eigenvalue weighted by molar-refractivity contribution is -0.130. The van der Waals surface area contributed by atoms with E-state index in [2.05, 4.69) is 10.6 Å². The number of halogens is 1. The van der Waals surface area contributed by atoms with E-state index >= 15 is 0 Å². The zero-order chi connectivity index (χ0) is 19.2. The van der Waals surface area contributed by atoms with Crippen molar-refractivity contribution >= 4 is 52.3 Å². The van der Waals surface area contributed by atoms with Crippen LogP contribution < -0.4 is 10.6 Å². The van der Waals surface area contributed by atoms with Crippen LogP contribution in [0.2, 0.25) is 4.34 Å². The highest BCUT2D eigenvalue weighted by Gasteiger charge is 2.17. The van der Waals surface area contributed by atoms with Gasteiger partial charge in [0.05, 0.1) is 16.8 Å². The lowest BCUT2D eigenvalue weighted by Gasteiger charge is -2.26. The van der Waals surface area contributed by atoms with Crippen LogP contribution in [-0.2, 0) is 11.2 Å². The molecule has 0 saturated carbocycles. The molecule has 5 nitrogen and oxygen atoms in total. The maximum atomic E-state index is 12.3. The van der Waals surface area contributed by atoms with Gasteiger partial charge in [-0.3, -0.25) is 4.79 Å². The number of thioether (sulfide) groups is 1. The van der Waals surface area contributed by atoms with Crippen LogP contribution in [0.25, 0.3) is 0 Å². The van der Waals surface area contributed by atoms with Gasteiger partial charge in [0.2, 0.25) is 5.91 Å². The van der Waals surface area contributed by atoms with Crippen LogP contribution in [0, 0.1) is 0 Å². The number of anilines is 1. The van der Waals surface area contributed by atoms with Gasteiger partial charge in [0, 0.05) is 35.2 Å². The van der Waals surface area contributed by atoms with E-state index in [0.717, 1.165) is 35.0 Å². The Morgan fingerprint density at radius 2 is 1.85 bits per heavy atom. The van der Waals surface area contributed by atoms with Crippen molar-refractivity contribution in [2.24, 2.45) is 0 Å². The first kappa shape index (κ1) is 20.0. The Bertz CT molecular complexity index is 789. The van der Waals surface area contributed by atoms with Gasteiger partial charge in [-0.2, -0.15) is 11.8 Å². The molecule has 3 amide bonds. The van der Waals surface area contributed by atoms with Crippen molar-refractivity contribution in [3.63, 3.8) is 0 Å². The molecular formula is C19H22ClN3O2S2. The van der Waals surface area contributed by atoms with Crippen molar-refractivity contribution < 1.29 is 9.59 Å². The Labute approximate surface area is 172 Å². The van der Waals surface area contributed by atoms with Crippen LogP contribution in [0.3, 0.4) is 0 Å². The molecule has 0 radical (unpaired) electrons. The van der Waals surface area contributed by atoms with E-state index < -0.39 is 0 Å². The molecule has 1 unspecified atom stereocenters. The SMILES string of the molecule is CC(NC(=O)Nc1ccc(CC(=O)N2CCSCC2)cc1)c1ccc(Cl)s1.